The third-order valence-corrected chi connectivity index (χ3v) is 3.04. The molecule has 0 unspecified atom stereocenters. The van der Waals surface area contributed by atoms with Gasteiger partial charge >= 0.3 is 6.09 Å². The number of carbonyl (C=O) groups is 1. The highest BCUT2D eigenvalue weighted by Gasteiger charge is 2.26. The van der Waals surface area contributed by atoms with Gasteiger partial charge in [-0.15, -0.1) is 0 Å². The minimum absolute atomic E-state index is 0.308. The topological polar surface area (TPSA) is 82.8 Å². The molecule has 0 atom stereocenters. The fraction of sp³-hybridized carbons (Fsp3) is 0.562. The first-order valence-electron chi connectivity index (χ1n) is 7.09. The smallest absolute Gasteiger partial charge is 0.412 e. The Kier molecular flexibility index (Phi) is 5.79. The van der Waals surface area contributed by atoms with E-state index in [1.807, 2.05) is 46.8 Å². The second kappa shape index (κ2) is 6.98. The normalized spacial score (nSPS) is 12.0. The molecule has 0 saturated heterocycles. The number of carbonyl (C=O) groups excluding carboxylic acids is 1. The van der Waals surface area contributed by atoms with Crippen LogP contribution in [0.4, 0.5) is 10.5 Å². The molecule has 124 valence electrons. The fourth-order valence-electron chi connectivity index (χ4n) is 2.04. The third kappa shape index (κ3) is 5.20. The van der Waals surface area contributed by atoms with Crippen molar-refractivity contribution < 1.29 is 19.1 Å². The van der Waals surface area contributed by atoms with Crippen molar-refractivity contribution in [3.63, 3.8) is 0 Å². The molecule has 6 heteroatoms. The Morgan fingerprint density at radius 2 is 1.86 bits per heavy atom. The van der Waals surface area contributed by atoms with E-state index in [1.54, 1.807) is 13.2 Å². The molecule has 22 heavy (non-hydrogen) atoms. The highest BCUT2D eigenvalue weighted by atomic mass is 16.6. The van der Waals surface area contributed by atoms with Crippen LogP contribution in [0.1, 0.15) is 40.2 Å². The molecule has 1 amide bonds. The van der Waals surface area contributed by atoms with Crippen LogP contribution in [0.3, 0.4) is 0 Å². The average Bonchev–Trinajstić information content (AvgIpc) is 2.35. The quantitative estimate of drug-likeness (QED) is 0.816. The largest absolute Gasteiger partial charge is 0.497 e. The zero-order valence-corrected chi connectivity index (χ0v) is 14.1. The van der Waals surface area contributed by atoms with Crippen molar-refractivity contribution >= 4 is 11.8 Å². The summed E-state index contributed by atoms with van der Waals surface area (Å²) in [6.45, 7) is 9.69. The van der Waals surface area contributed by atoms with Crippen molar-refractivity contribution in [1.82, 2.24) is 0 Å². The molecule has 0 aliphatic heterocycles. The van der Waals surface area contributed by atoms with Gasteiger partial charge in [-0.3, -0.25) is 5.32 Å². The summed E-state index contributed by atoms with van der Waals surface area (Å²) in [6, 6.07) is 5.45. The predicted molar refractivity (Wildman–Crippen MR) is 86.0 cm³/mol. The summed E-state index contributed by atoms with van der Waals surface area (Å²) >= 11 is 0. The summed E-state index contributed by atoms with van der Waals surface area (Å²) in [5.41, 5.74) is 0.532. The van der Waals surface area contributed by atoms with Gasteiger partial charge in [0.05, 0.1) is 19.4 Å². The summed E-state index contributed by atoms with van der Waals surface area (Å²) in [5.74, 6) is 5.84. The van der Waals surface area contributed by atoms with Crippen LogP contribution in [-0.2, 0) is 15.0 Å². The Morgan fingerprint density at radius 1 is 1.23 bits per heavy atom. The molecule has 0 aliphatic rings. The van der Waals surface area contributed by atoms with Gasteiger partial charge in [0.25, 0.3) is 0 Å². The summed E-state index contributed by atoms with van der Waals surface area (Å²) in [5, 5.41) is 2.77. The van der Waals surface area contributed by atoms with Gasteiger partial charge < -0.3 is 14.3 Å². The first kappa shape index (κ1) is 18.3. The number of nitrogens with two attached hydrogens (primary N) is 1. The number of hydrogen-bond acceptors (Lipinski definition) is 5. The van der Waals surface area contributed by atoms with E-state index in [0.29, 0.717) is 18.0 Å². The minimum Gasteiger partial charge on any atom is -0.497 e. The summed E-state index contributed by atoms with van der Waals surface area (Å²) in [4.78, 5) is 16.8. The molecule has 0 bridgehead atoms. The number of rotatable bonds is 5. The molecule has 0 fully saturated rings. The Labute approximate surface area is 131 Å². The molecule has 0 radical (unpaired) electrons. The van der Waals surface area contributed by atoms with E-state index in [2.05, 4.69) is 5.32 Å². The van der Waals surface area contributed by atoms with Crippen LogP contribution in [0.15, 0.2) is 18.2 Å². The van der Waals surface area contributed by atoms with E-state index >= 15 is 0 Å². The van der Waals surface area contributed by atoms with Gasteiger partial charge in [0.15, 0.2) is 0 Å². The van der Waals surface area contributed by atoms with Gasteiger partial charge in [-0.05, 0) is 32.4 Å². The molecule has 1 aromatic rings. The number of methoxy groups -OCH3 is 1. The first-order valence-corrected chi connectivity index (χ1v) is 7.09. The van der Waals surface area contributed by atoms with Crippen molar-refractivity contribution in [3.05, 3.63) is 23.8 Å². The number of nitrogens with one attached hydrogen (secondary N) is 1. The van der Waals surface area contributed by atoms with Crippen molar-refractivity contribution in [2.24, 2.45) is 5.90 Å². The van der Waals surface area contributed by atoms with E-state index in [4.69, 9.17) is 20.2 Å². The van der Waals surface area contributed by atoms with E-state index in [1.165, 1.54) is 0 Å². The number of benzene rings is 1. The van der Waals surface area contributed by atoms with Gasteiger partial charge in [0.2, 0.25) is 0 Å². The molecule has 0 spiro atoms. The molecule has 0 aromatic heterocycles. The molecule has 0 aliphatic carbocycles. The molecule has 0 saturated carbocycles. The van der Waals surface area contributed by atoms with Crippen LogP contribution in [-0.4, -0.2) is 25.4 Å². The Hall–Kier alpha value is -1.79. The number of ether oxygens (including phenoxy) is 2. The highest BCUT2D eigenvalue weighted by Crippen LogP contribution is 2.33. The lowest BCUT2D eigenvalue weighted by molar-refractivity contribution is 0.0635. The van der Waals surface area contributed by atoms with Gasteiger partial charge in [-0.2, -0.15) is 0 Å². The zero-order valence-electron chi connectivity index (χ0n) is 14.1. The lowest BCUT2D eigenvalue weighted by Crippen LogP contribution is -2.30. The van der Waals surface area contributed by atoms with Crippen molar-refractivity contribution in [2.45, 2.75) is 45.6 Å². The lowest BCUT2D eigenvalue weighted by Gasteiger charge is -2.27. The number of anilines is 1. The zero-order chi connectivity index (χ0) is 17.0. The van der Waals surface area contributed by atoms with Crippen LogP contribution < -0.4 is 16.0 Å². The van der Waals surface area contributed by atoms with Gasteiger partial charge in [-0.25, -0.2) is 10.7 Å². The second-order valence-electron chi connectivity index (χ2n) is 6.73. The van der Waals surface area contributed by atoms with Crippen LogP contribution in [0, 0.1) is 0 Å². The molecular formula is C16H26N2O4. The van der Waals surface area contributed by atoms with Crippen LogP contribution in [0.5, 0.6) is 5.75 Å². The third-order valence-electron chi connectivity index (χ3n) is 3.04. The fourth-order valence-corrected chi connectivity index (χ4v) is 2.04. The average molecular weight is 310 g/mol. The minimum atomic E-state index is -0.570. The molecule has 0 heterocycles. The summed E-state index contributed by atoms with van der Waals surface area (Å²) < 4.78 is 10.5. The van der Waals surface area contributed by atoms with Crippen LogP contribution in [0.25, 0.3) is 0 Å². The Balaban J connectivity index is 3.12. The first-order chi connectivity index (χ1) is 10.1. The Morgan fingerprint density at radius 3 is 2.36 bits per heavy atom. The van der Waals surface area contributed by atoms with Crippen molar-refractivity contribution in [1.29, 1.82) is 0 Å². The van der Waals surface area contributed by atoms with Gasteiger partial charge in [0.1, 0.15) is 11.4 Å². The second-order valence-corrected chi connectivity index (χ2v) is 6.73. The van der Waals surface area contributed by atoms with E-state index < -0.39 is 11.7 Å². The maximum Gasteiger partial charge on any atom is 0.412 e. The lowest BCUT2D eigenvalue weighted by atomic mass is 9.84. The molecular weight excluding hydrogens is 284 g/mol. The molecule has 3 N–H and O–H groups in total. The van der Waals surface area contributed by atoms with Crippen LogP contribution >= 0.6 is 0 Å². The van der Waals surface area contributed by atoms with Crippen molar-refractivity contribution in [2.75, 3.05) is 19.0 Å². The van der Waals surface area contributed by atoms with Gasteiger partial charge in [-0.1, -0.05) is 19.9 Å². The predicted octanol–water partition coefficient (Wildman–Crippen LogP) is 3.21. The Bertz CT molecular complexity index is 521. The SMILES string of the molecule is COc1ccc(C(C)(C)CON)c(NC(=O)OC(C)(C)C)c1. The monoisotopic (exact) mass is 310 g/mol. The number of amides is 1. The van der Waals surface area contributed by atoms with E-state index in [-0.39, 0.29) is 5.41 Å². The summed E-state index contributed by atoms with van der Waals surface area (Å²) in [7, 11) is 1.57. The highest BCUT2D eigenvalue weighted by molar-refractivity contribution is 5.86. The van der Waals surface area contributed by atoms with Crippen LogP contribution in [0.2, 0.25) is 0 Å². The maximum atomic E-state index is 12.0. The number of hydrogen-bond donors (Lipinski definition) is 2. The van der Waals surface area contributed by atoms with Gasteiger partial charge in [0, 0.05) is 11.5 Å². The van der Waals surface area contributed by atoms with Crippen molar-refractivity contribution in [3.8, 4) is 5.75 Å². The molecule has 6 nitrogen and oxygen atoms in total. The van der Waals surface area contributed by atoms with E-state index in [9.17, 15) is 4.79 Å². The summed E-state index contributed by atoms with van der Waals surface area (Å²) in [6.07, 6.45) is -0.522. The van der Waals surface area contributed by atoms with E-state index in [0.717, 1.165) is 5.56 Å². The molecule has 1 aromatic carbocycles. The molecule has 1 rings (SSSR count). The standard InChI is InChI=1S/C16H26N2O4/c1-15(2,3)22-14(19)18-13-9-11(20-6)7-8-12(13)16(4,5)10-21-17/h7-9H,10,17H2,1-6H3,(H,18,19). The maximum absolute atomic E-state index is 12.0.